The molecule has 2 aromatic heterocycles. The number of nitrogens with two attached hydrogens (primary N) is 1. The van der Waals surface area contributed by atoms with Crippen molar-refractivity contribution < 1.29 is 116 Å². The molecule has 1 fully saturated rings. The van der Waals surface area contributed by atoms with Crippen LogP contribution in [0.2, 0.25) is 0 Å². The van der Waals surface area contributed by atoms with Crippen molar-refractivity contribution in [2.45, 2.75) is 12.8 Å². The Labute approximate surface area is 279 Å². The van der Waals surface area contributed by atoms with Gasteiger partial charge in [-0.1, -0.05) is 18.2 Å². The van der Waals surface area contributed by atoms with Crippen LogP contribution in [0.1, 0.15) is 12.8 Å². The zero-order valence-corrected chi connectivity index (χ0v) is 27.9. The minimum absolute atomic E-state index is 0.798. The predicted octanol–water partition coefficient (Wildman–Crippen LogP) is -13.3. The van der Waals surface area contributed by atoms with Crippen molar-refractivity contribution in [2.24, 2.45) is 5.73 Å². The molecule has 0 atom stereocenters. The third-order valence-corrected chi connectivity index (χ3v) is 6.34. The van der Waals surface area contributed by atoms with Crippen LogP contribution in [0.15, 0.2) is 35.7 Å². The minimum Gasteiger partial charge on any atom is -0.369 e. The molecule has 1 aromatic carbocycles. The highest BCUT2D eigenvalue weighted by atomic mass is 35.7. The molecule has 1 aliphatic heterocycles. The molecule has 0 bridgehead atoms. The van der Waals surface area contributed by atoms with Crippen LogP contribution in [0.5, 0.6) is 0 Å². The summed E-state index contributed by atoms with van der Waals surface area (Å²) < 4.78 is 132. The predicted molar refractivity (Wildman–Crippen MR) is 126 cm³/mol. The molecule has 0 aliphatic carbocycles. The van der Waals surface area contributed by atoms with Crippen molar-refractivity contribution in [3.05, 3.63) is 35.7 Å². The summed E-state index contributed by atoms with van der Waals surface area (Å²) in [6.45, 7) is 8.76. The number of thiophene rings is 1. The van der Waals surface area contributed by atoms with Gasteiger partial charge in [-0.15, -0.1) is 11.3 Å². The van der Waals surface area contributed by atoms with E-state index in [1.807, 2.05) is 0 Å². The number of fused-ring (bicyclic) bond motifs is 3. The zero-order valence-electron chi connectivity index (χ0n) is 24.1. The van der Waals surface area contributed by atoms with E-state index in [-0.39, 0.29) is 0 Å². The second kappa shape index (κ2) is 21.8. The van der Waals surface area contributed by atoms with Gasteiger partial charge in [0, 0.05) is 48.2 Å². The molecule has 47 heavy (non-hydrogen) atoms. The van der Waals surface area contributed by atoms with Gasteiger partial charge in [0.25, 0.3) is 0 Å². The molecule has 0 amide bonds. The van der Waals surface area contributed by atoms with Gasteiger partial charge < -0.3 is 20.9 Å². The Morgan fingerprint density at radius 1 is 0.681 bits per heavy atom. The first-order chi connectivity index (χ1) is 21.3. The number of rotatable bonds is 8. The number of nitrogens with zero attached hydrogens (tertiary/aromatic N) is 3. The maximum absolute atomic E-state index is 8.60. The van der Waals surface area contributed by atoms with Crippen molar-refractivity contribution in [3.63, 3.8) is 0 Å². The molecule has 26 heteroatoms. The molecule has 3 heterocycles. The smallest absolute Gasteiger partial charge is 0.135 e. The number of pyridine rings is 1. The number of piperazine rings is 1. The fourth-order valence-corrected chi connectivity index (χ4v) is 4.78. The Kier molecular flexibility index (Phi) is 21.2. The molecule has 7 N–H and O–H groups in total. The fourth-order valence-electron chi connectivity index (χ4n) is 3.84. The van der Waals surface area contributed by atoms with E-state index in [2.05, 4.69) is 50.8 Å². The van der Waals surface area contributed by atoms with E-state index in [0.29, 0.717) is 0 Å². The number of aromatic nitrogens is 1. The Hall–Kier alpha value is -1.21. The van der Waals surface area contributed by atoms with Crippen molar-refractivity contribution >= 4 is 38.1 Å². The van der Waals surface area contributed by atoms with E-state index < -0.39 is 41.0 Å². The van der Waals surface area contributed by atoms with Crippen molar-refractivity contribution in [1.82, 2.24) is 14.8 Å². The van der Waals surface area contributed by atoms with Gasteiger partial charge in [-0.2, -0.15) is 55.9 Å². The van der Waals surface area contributed by atoms with Crippen LogP contribution in [0.4, 0.5) is 5.82 Å². The van der Waals surface area contributed by atoms with Gasteiger partial charge in [-0.25, -0.2) is 4.98 Å². The van der Waals surface area contributed by atoms with Crippen LogP contribution in [0, 0.1) is 41.0 Å². The van der Waals surface area contributed by atoms with Gasteiger partial charge in [0.1, 0.15) is 5.82 Å². The van der Waals surface area contributed by atoms with E-state index in [9.17, 15) is 0 Å². The third-order valence-electron chi connectivity index (χ3n) is 5.39. The number of hydrogen-bond donors (Lipinski definition) is 6. The van der Waals surface area contributed by atoms with Crippen LogP contribution < -0.4 is 67.0 Å². The molecule has 0 unspecified atom stereocenters. The summed E-state index contributed by atoms with van der Waals surface area (Å²) in [6.07, 6.45) is 2.25. The lowest BCUT2D eigenvalue weighted by Crippen LogP contribution is -2.58. The van der Waals surface area contributed by atoms with Crippen LogP contribution >= 0.6 is 11.3 Å². The lowest BCUT2D eigenvalue weighted by atomic mass is 10.2. The molecular formula is C21H33Cl4N5O16S. The summed E-state index contributed by atoms with van der Waals surface area (Å²) in [5.74, 6) is 1.02. The summed E-state index contributed by atoms with van der Waals surface area (Å²) in [7, 11) is -18.8. The largest absolute Gasteiger partial charge is 0.369 e. The number of anilines is 1. The highest BCUT2D eigenvalue weighted by molar-refractivity contribution is 7.18. The first-order valence-corrected chi connectivity index (χ1v) is 18.5. The normalized spacial score (nSPS) is 14.5. The van der Waals surface area contributed by atoms with Crippen LogP contribution in [-0.4, -0.2) is 85.8 Å². The maximum Gasteiger partial charge on any atom is 0.135 e. The summed E-state index contributed by atoms with van der Waals surface area (Å²) >= 11 is 1.80. The molecule has 0 radical (unpaired) electrons. The molecular weight excluding hydrogens is 752 g/mol. The van der Waals surface area contributed by atoms with Gasteiger partial charge in [-0.05, 0) is 50.0 Å². The Morgan fingerprint density at radius 2 is 1.11 bits per heavy atom. The Balaban J connectivity index is 0.000000865. The third kappa shape index (κ3) is 29.4. The fraction of sp³-hybridized carbons (Fsp3) is 0.476. The van der Waals surface area contributed by atoms with E-state index in [1.54, 1.807) is 11.3 Å². The summed E-state index contributed by atoms with van der Waals surface area (Å²) in [4.78, 5) is 9.98. The Bertz CT molecular complexity index is 1200. The number of hydrogen-bond acceptors (Lipinski definition) is 22. The monoisotopic (exact) mass is 783 g/mol. The quantitative estimate of drug-likeness (QED) is 0.115. The number of benzene rings is 1. The van der Waals surface area contributed by atoms with Crippen molar-refractivity contribution in [1.29, 1.82) is 0 Å². The lowest BCUT2D eigenvalue weighted by Gasteiger charge is -2.34. The van der Waals surface area contributed by atoms with Gasteiger partial charge >= 0.3 is 0 Å². The SMILES string of the molecule is NCCCN1CCN(CCCNc2nc3ccccc3c3sccc23)CC1.[O-][Cl+3]([O-])([O-])O.[O-][Cl+3]([O-])([O-])O.[O-][Cl+3]([O-])([O-])O.[O-][Cl+3]([O-])([O-])O. The van der Waals surface area contributed by atoms with E-state index in [1.165, 1.54) is 41.7 Å². The van der Waals surface area contributed by atoms with Gasteiger partial charge in [0.05, 0.1) is 65.1 Å². The minimum atomic E-state index is -4.69. The molecule has 272 valence electrons. The maximum atomic E-state index is 8.60. The standard InChI is InChI=1S/C21H29N5S.4ClHO4/c22-8-3-10-25-12-14-26(15-13-25)11-4-9-23-21-18-7-16-27-20(18)17-5-1-2-6-19(17)24-21;4*2-1(3,4)5/h1-2,5-7,16H,3-4,8-15,22H2,(H,23,24);4*(H,2,3,4,5). The highest BCUT2D eigenvalue weighted by Gasteiger charge is 2.16. The van der Waals surface area contributed by atoms with Crippen LogP contribution in [-0.2, 0) is 0 Å². The molecule has 21 nitrogen and oxygen atoms in total. The van der Waals surface area contributed by atoms with Crippen molar-refractivity contribution in [3.8, 4) is 0 Å². The van der Waals surface area contributed by atoms with E-state index in [4.69, 9.17) is 85.3 Å². The van der Waals surface area contributed by atoms with E-state index in [0.717, 1.165) is 50.4 Å². The average Bonchev–Trinajstić information content (AvgIpc) is 3.37. The van der Waals surface area contributed by atoms with Gasteiger partial charge in [0.2, 0.25) is 0 Å². The van der Waals surface area contributed by atoms with Crippen LogP contribution in [0.3, 0.4) is 0 Å². The molecule has 3 aromatic rings. The second-order valence-corrected chi connectivity index (χ2v) is 12.9. The second-order valence-electron chi connectivity index (χ2n) is 8.83. The first-order valence-electron chi connectivity index (χ1n) is 12.5. The highest BCUT2D eigenvalue weighted by Crippen LogP contribution is 2.33. The number of halogens is 4. The number of para-hydroxylation sites is 1. The van der Waals surface area contributed by atoms with Crippen LogP contribution in [0.25, 0.3) is 21.0 Å². The lowest BCUT2D eigenvalue weighted by molar-refractivity contribution is -1.92. The van der Waals surface area contributed by atoms with Gasteiger partial charge in [0.15, 0.2) is 0 Å². The average molecular weight is 785 g/mol. The summed E-state index contributed by atoms with van der Waals surface area (Å²) in [5, 5.41) is 8.24. The van der Waals surface area contributed by atoms with Gasteiger partial charge in [-0.3, -0.25) is 0 Å². The molecule has 0 saturated carbocycles. The first kappa shape index (κ1) is 45.8. The topological polar surface area (TPSA) is 415 Å². The number of nitrogens with one attached hydrogen (secondary N) is 1. The molecule has 1 aliphatic rings. The molecule has 0 spiro atoms. The molecule has 1 saturated heterocycles. The Morgan fingerprint density at radius 3 is 1.55 bits per heavy atom. The van der Waals surface area contributed by atoms with Crippen molar-refractivity contribution in [2.75, 3.05) is 57.7 Å². The summed E-state index contributed by atoms with van der Waals surface area (Å²) in [5.41, 5.74) is 6.68. The molecule has 4 rings (SSSR count). The van der Waals surface area contributed by atoms with E-state index >= 15 is 0 Å². The zero-order chi connectivity index (χ0) is 36.5. The summed E-state index contributed by atoms with van der Waals surface area (Å²) in [6, 6.07) is 10.6.